The molecule has 0 aromatic carbocycles. The van der Waals surface area contributed by atoms with Crippen molar-refractivity contribution in [2.45, 2.75) is 24.9 Å². The molecule has 37 heavy (non-hydrogen) atoms. The molecule has 0 saturated carbocycles. The number of halogens is 6. The minimum Gasteiger partial charge on any atom is -0.391 e. The molecule has 1 saturated heterocycles. The summed E-state index contributed by atoms with van der Waals surface area (Å²) < 4.78 is 80.1. The lowest BCUT2D eigenvalue weighted by Crippen LogP contribution is -2.24. The van der Waals surface area contributed by atoms with Gasteiger partial charge in [-0.1, -0.05) is 0 Å². The largest absolute Gasteiger partial charge is 0.418 e. The standard InChI is InChI=1S/C22H16F6N8O/c23-21(24,25)11-1-2-16(30-8-11)32-14-3-5-29-20-19(14)31-9-15(33-20)18-13(22(26,27)28)7-17(34-35-18)36-6-4-12(37)10-36/h1-3,5,7-9,12,37H,4,6,10H2,(H,29,30,32,33)/t12-/m0/s1. The van der Waals surface area contributed by atoms with E-state index in [2.05, 4.69) is 35.5 Å². The van der Waals surface area contributed by atoms with Crippen molar-refractivity contribution in [3.63, 3.8) is 0 Å². The van der Waals surface area contributed by atoms with Crippen LogP contribution in [0.3, 0.4) is 0 Å². The topological polar surface area (TPSA) is 113 Å². The van der Waals surface area contributed by atoms with Gasteiger partial charge in [0.25, 0.3) is 0 Å². The predicted octanol–water partition coefficient (Wildman–Crippen LogP) is 4.23. The van der Waals surface area contributed by atoms with E-state index >= 15 is 0 Å². The third-order valence-corrected chi connectivity index (χ3v) is 5.62. The fourth-order valence-electron chi connectivity index (χ4n) is 3.80. The van der Waals surface area contributed by atoms with E-state index in [1.807, 2.05) is 0 Å². The first kappa shape index (κ1) is 24.5. The number of hydrogen-bond acceptors (Lipinski definition) is 9. The fraction of sp³-hybridized carbons (Fsp3) is 0.273. The zero-order valence-electron chi connectivity index (χ0n) is 18.6. The van der Waals surface area contributed by atoms with Gasteiger partial charge in [-0.05, 0) is 30.7 Å². The van der Waals surface area contributed by atoms with Crippen molar-refractivity contribution in [1.82, 2.24) is 30.1 Å². The minimum atomic E-state index is -4.78. The summed E-state index contributed by atoms with van der Waals surface area (Å²) in [5.74, 6) is 0.0641. The average Bonchev–Trinajstić information content (AvgIpc) is 3.29. The molecule has 1 aliphatic rings. The molecule has 2 N–H and O–H groups in total. The lowest BCUT2D eigenvalue weighted by Gasteiger charge is -2.19. The van der Waals surface area contributed by atoms with Gasteiger partial charge in [0.15, 0.2) is 11.5 Å². The quantitative estimate of drug-likeness (QED) is 0.380. The summed E-state index contributed by atoms with van der Waals surface area (Å²) in [5, 5.41) is 20.2. The molecule has 5 rings (SSSR count). The van der Waals surface area contributed by atoms with Crippen molar-refractivity contribution in [3.8, 4) is 11.4 Å². The average molecular weight is 522 g/mol. The second-order valence-electron chi connectivity index (χ2n) is 8.19. The van der Waals surface area contributed by atoms with Crippen LogP contribution in [0.2, 0.25) is 0 Å². The van der Waals surface area contributed by atoms with E-state index in [9.17, 15) is 31.4 Å². The minimum absolute atomic E-state index is 0.0185. The maximum atomic E-state index is 13.9. The number of hydrogen-bond donors (Lipinski definition) is 2. The first-order chi connectivity index (χ1) is 17.5. The molecule has 1 atom stereocenters. The van der Waals surface area contributed by atoms with E-state index in [1.165, 1.54) is 17.2 Å². The van der Waals surface area contributed by atoms with Crippen molar-refractivity contribution < 1.29 is 31.4 Å². The van der Waals surface area contributed by atoms with E-state index in [0.29, 0.717) is 19.2 Å². The van der Waals surface area contributed by atoms with Gasteiger partial charge in [-0.15, -0.1) is 10.2 Å². The highest BCUT2D eigenvalue weighted by atomic mass is 19.4. The highest BCUT2D eigenvalue weighted by Gasteiger charge is 2.37. The number of anilines is 3. The third kappa shape index (κ3) is 5.07. The van der Waals surface area contributed by atoms with E-state index in [1.54, 1.807) is 0 Å². The van der Waals surface area contributed by atoms with E-state index in [-0.39, 0.29) is 40.7 Å². The Morgan fingerprint density at radius 2 is 1.76 bits per heavy atom. The fourth-order valence-corrected chi connectivity index (χ4v) is 3.80. The van der Waals surface area contributed by atoms with E-state index in [4.69, 9.17) is 0 Å². The number of pyridine rings is 2. The maximum absolute atomic E-state index is 13.9. The summed E-state index contributed by atoms with van der Waals surface area (Å²) in [6.45, 7) is 0.490. The molecule has 0 aliphatic carbocycles. The molecule has 4 aromatic heterocycles. The van der Waals surface area contributed by atoms with Crippen LogP contribution in [0.5, 0.6) is 0 Å². The van der Waals surface area contributed by atoms with E-state index < -0.39 is 35.3 Å². The van der Waals surface area contributed by atoms with Gasteiger partial charge in [-0.3, -0.25) is 0 Å². The second kappa shape index (κ2) is 9.06. The van der Waals surface area contributed by atoms with Gasteiger partial charge in [0.2, 0.25) is 0 Å². The molecule has 9 nitrogen and oxygen atoms in total. The Bertz CT molecular complexity index is 1440. The highest BCUT2D eigenvalue weighted by Crippen LogP contribution is 2.37. The van der Waals surface area contributed by atoms with Crippen LogP contribution < -0.4 is 10.2 Å². The molecule has 0 unspecified atom stereocenters. The number of aliphatic hydroxyl groups is 1. The van der Waals surface area contributed by atoms with Crippen LogP contribution in [0.4, 0.5) is 43.7 Å². The number of nitrogens with one attached hydrogen (secondary N) is 1. The Morgan fingerprint density at radius 1 is 0.946 bits per heavy atom. The Labute approximate surface area is 204 Å². The van der Waals surface area contributed by atoms with E-state index in [0.717, 1.165) is 24.4 Å². The number of fused-ring (bicyclic) bond motifs is 1. The molecule has 15 heteroatoms. The first-order valence-electron chi connectivity index (χ1n) is 10.8. The van der Waals surface area contributed by atoms with Crippen LogP contribution in [-0.4, -0.2) is 54.4 Å². The van der Waals surface area contributed by atoms with Crippen molar-refractivity contribution >= 4 is 28.5 Å². The molecule has 192 valence electrons. The molecule has 0 amide bonds. The number of nitrogens with zero attached hydrogens (tertiary/aromatic N) is 7. The number of β-amino-alcohol motifs (C(OH)–C–C–N with tert-alkyl or cyclic N) is 1. The van der Waals surface area contributed by atoms with Gasteiger partial charge < -0.3 is 15.3 Å². The molecular weight excluding hydrogens is 506 g/mol. The zero-order valence-corrected chi connectivity index (χ0v) is 18.6. The zero-order chi connectivity index (χ0) is 26.4. The summed E-state index contributed by atoms with van der Waals surface area (Å²) >= 11 is 0. The molecule has 0 bridgehead atoms. The summed E-state index contributed by atoms with van der Waals surface area (Å²) in [4.78, 5) is 17.6. The maximum Gasteiger partial charge on any atom is 0.418 e. The Hall–Kier alpha value is -4.14. The normalized spacial score (nSPS) is 16.4. The smallest absolute Gasteiger partial charge is 0.391 e. The molecular formula is C22H16F6N8O. The molecule has 1 aliphatic heterocycles. The van der Waals surface area contributed by atoms with Crippen molar-refractivity contribution in [2.75, 3.05) is 23.3 Å². The molecule has 4 aromatic rings. The van der Waals surface area contributed by atoms with Gasteiger partial charge >= 0.3 is 12.4 Å². The second-order valence-corrected chi connectivity index (χ2v) is 8.19. The molecule has 0 radical (unpaired) electrons. The van der Waals surface area contributed by atoms with Crippen LogP contribution in [0.25, 0.3) is 22.6 Å². The van der Waals surface area contributed by atoms with Crippen LogP contribution in [0.15, 0.2) is 42.9 Å². The van der Waals surface area contributed by atoms with Crippen LogP contribution in [-0.2, 0) is 12.4 Å². The Balaban J connectivity index is 1.48. The van der Waals surface area contributed by atoms with Gasteiger partial charge in [0, 0.05) is 25.5 Å². The van der Waals surface area contributed by atoms with Gasteiger partial charge in [0.1, 0.15) is 22.7 Å². The number of aromatic nitrogens is 6. The Morgan fingerprint density at radius 3 is 2.41 bits per heavy atom. The van der Waals surface area contributed by atoms with Crippen molar-refractivity contribution in [2.24, 2.45) is 0 Å². The van der Waals surface area contributed by atoms with Crippen LogP contribution in [0.1, 0.15) is 17.5 Å². The SMILES string of the molecule is O[C@H]1CCN(c2cc(C(F)(F)F)c(-c3cnc4c(Nc5ccc(C(F)(F)F)cn5)ccnc4n3)nn2)C1. The van der Waals surface area contributed by atoms with Crippen molar-refractivity contribution in [3.05, 3.63) is 54.0 Å². The third-order valence-electron chi connectivity index (χ3n) is 5.62. The van der Waals surface area contributed by atoms with Crippen molar-refractivity contribution in [1.29, 1.82) is 0 Å². The highest BCUT2D eigenvalue weighted by molar-refractivity contribution is 5.87. The summed E-state index contributed by atoms with van der Waals surface area (Å²) in [6.07, 6.45) is -6.51. The molecule has 5 heterocycles. The summed E-state index contributed by atoms with van der Waals surface area (Å²) in [5.41, 5.74) is -2.37. The van der Waals surface area contributed by atoms with Crippen LogP contribution >= 0.6 is 0 Å². The summed E-state index contributed by atoms with van der Waals surface area (Å²) in [7, 11) is 0. The van der Waals surface area contributed by atoms with Crippen LogP contribution in [0, 0.1) is 0 Å². The monoisotopic (exact) mass is 522 g/mol. The predicted molar refractivity (Wildman–Crippen MR) is 119 cm³/mol. The van der Waals surface area contributed by atoms with Gasteiger partial charge in [-0.25, -0.2) is 19.9 Å². The first-order valence-corrected chi connectivity index (χ1v) is 10.8. The summed E-state index contributed by atoms with van der Waals surface area (Å²) in [6, 6.07) is 4.31. The lowest BCUT2D eigenvalue weighted by atomic mass is 10.1. The number of alkyl halides is 6. The van der Waals surface area contributed by atoms with Gasteiger partial charge in [-0.2, -0.15) is 26.3 Å². The number of rotatable bonds is 4. The molecule has 0 spiro atoms. The molecule has 1 fully saturated rings. The lowest BCUT2D eigenvalue weighted by molar-refractivity contribution is -0.138. The number of aliphatic hydroxyl groups excluding tert-OH is 1. The van der Waals surface area contributed by atoms with Gasteiger partial charge in [0.05, 0.1) is 29.1 Å². The Kier molecular flexibility index (Phi) is 6.01.